The smallest absolute Gasteiger partial charge is 0.403 e. The maximum absolute atomic E-state index is 13.8. The monoisotopic (exact) mass is 323 g/mol. The number of halogens is 3. The Morgan fingerprint density at radius 3 is 3.00 bits per heavy atom. The van der Waals surface area contributed by atoms with Gasteiger partial charge < -0.3 is 9.47 Å². The Morgan fingerprint density at radius 1 is 1.58 bits per heavy atom. The summed E-state index contributed by atoms with van der Waals surface area (Å²) in [5.74, 6) is -0.510. The third-order valence-corrected chi connectivity index (χ3v) is 3.41. The van der Waals surface area contributed by atoms with Crippen molar-refractivity contribution < 1.29 is 18.7 Å². The van der Waals surface area contributed by atoms with Gasteiger partial charge in [-0.3, -0.25) is 0 Å². The van der Waals surface area contributed by atoms with E-state index in [2.05, 4.69) is 9.72 Å². The molecule has 1 aromatic carbocycles. The molecular weight excluding hydrogens is 316 g/mol. The van der Waals surface area contributed by atoms with Gasteiger partial charge in [-0.15, -0.1) is 11.3 Å². The molecule has 2 rings (SSSR count). The largest absolute Gasteiger partial charge is 0.484 e. The highest BCUT2D eigenvalue weighted by Gasteiger charge is 2.13. The first-order chi connectivity index (χ1) is 8.95. The highest BCUT2D eigenvalue weighted by atomic mass is 35.5. The molecule has 2 aromatic rings. The second-order valence-electron chi connectivity index (χ2n) is 3.69. The molecule has 0 aliphatic heterocycles. The number of carbonyl (C=O) groups is 1. The first-order valence-electron chi connectivity index (χ1n) is 5.20. The van der Waals surface area contributed by atoms with Gasteiger partial charge >= 0.3 is 5.43 Å². The van der Waals surface area contributed by atoms with Crippen molar-refractivity contribution in [2.24, 2.45) is 0 Å². The van der Waals surface area contributed by atoms with E-state index in [9.17, 15) is 9.18 Å². The first-order valence-corrected chi connectivity index (χ1v) is 6.77. The first kappa shape index (κ1) is 14.3. The van der Waals surface area contributed by atoms with Crippen molar-refractivity contribution in [3.63, 3.8) is 0 Å². The van der Waals surface area contributed by atoms with Gasteiger partial charge in [0.15, 0.2) is 16.0 Å². The SMILES string of the molecule is CC(COC(=O)Cl)Oc1cc2sc(Cl)nc2cc1F. The van der Waals surface area contributed by atoms with Gasteiger partial charge in [-0.05, 0) is 6.92 Å². The fourth-order valence-corrected chi connectivity index (χ4v) is 2.53. The molecule has 1 aromatic heterocycles. The predicted molar refractivity (Wildman–Crippen MR) is 71.9 cm³/mol. The molecule has 1 heterocycles. The summed E-state index contributed by atoms with van der Waals surface area (Å²) in [5.41, 5.74) is -0.458. The van der Waals surface area contributed by atoms with Crippen LogP contribution >= 0.6 is 34.5 Å². The van der Waals surface area contributed by atoms with Crippen molar-refractivity contribution >= 4 is 50.2 Å². The van der Waals surface area contributed by atoms with Gasteiger partial charge in [0.1, 0.15) is 12.7 Å². The van der Waals surface area contributed by atoms with Crippen LogP contribution in [-0.4, -0.2) is 23.1 Å². The Hall–Kier alpha value is -1.11. The Balaban J connectivity index is 2.15. The van der Waals surface area contributed by atoms with Gasteiger partial charge in [0.05, 0.1) is 10.2 Å². The fourth-order valence-electron chi connectivity index (χ4n) is 1.43. The molecule has 0 bridgehead atoms. The molecular formula is C11H8Cl2FNO3S. The van der Waals surface area contributed by atoms with E-state index >= 15 is 0 Å². The molecule has 1 unspecified atom stereocenters. The lowest BCUT2D eigenvalue weighted by atomic mass is 10.3. The second-order valence-corrected chi connectivity index (χ2v) is 5.62. The Morgan fingerprint density at radius 2 is 2.32 bits per heavy atom. The molecule has 8 heteroatoms. The van der Waals surface area contributed by atoms with Crippen LogP contribution in [0.15, 0.2) is 12.1 Å². The zero-order chi connectivity index (χ0) is 14.0. The maximum Gasteiger partial charge on any atom is 0.403 e. The molecule has 102 valence electrons. The summed E-state index contributed by atoms with van der Waals surface area (Å²) in [6.45, 7) is 1.56. The van der Waals surface area contributed by atoms with Crippen LogP contribution < -0.4 is 4.74 Å². The van der Waals surface area contributed by atoms with Crippen molar-refractivity contribution in [2.75, 3.05) is 6.61 Å². The standard InChI is InChI=1S/C11H8Cl2FNO3S/c1-5(4-17-11(13)16)18-8-3-9-7(2-6(8)14)15-10(12)19-9/h2-3,5H,4H2,1H3. The molecule has 0 N–H and O–H groups in total. The van der Waals surface area contributed by atoms with Gasteiger partial charge in [-0.1, -0.05) is 11.6 Å². The molecule has 0 amide bonds. The molecule has 1 atom stereocenters. The Bertz CT molecular complexity index is 619. The van der Waals surface area contributed by atoms with Crippen LogP contribution in [0.5, 0.6) is 5.75 Å². The van der Waals surface area contributed by atoms with Crippen molar-refractivity contribution in [3.05, 3.63) is 22.4 Å². The second kappa shape index (κ2) is 5.90. The van der Waals surface area contributed by atoms with E-state index in [1.54, 1.807) is 6.92 Å². The number of benzene rings is 1. The molecule has 0 spiro atoms. The fraction of sp³-hybridized carbons (Fsp3) is 0.273. The van der Waals surface area contributed by atoms with E-state index in [1.165, 1.54) is 23.5 Å². The highest BCUT2D eigenvalue weighted by molar-refractivity contribution is 7.22. The Labute approximate surface area is 122 Å². The number of carbonyl (C=O) groups excluding carboxylic acids is 1. The van der Waals surface area contributed by atoms with Gasteiger partial charge in [0.2, 0.25) is 0 Å². The number of fused-ring (bicyclic) bond motifs is 1. The predicted octanol–water partition coefficient (Wildman–Crippen LogP) is 4.23. The van der Waals surface area contributed by atoms with E-state index in [0.29, 0.717) is 14.7 Å². The Kier molecular flexibility index (Phi) is 4.44. The highest BCUT2D eigenvalue weighted by Crippen LogP contribution is 2.31. The minimum atomic E-state index is -0.930. The van der Waals surface area contributed by atoms with Crippen molar-refractivity contribution in [2.45, 2.75) is 13.0 Å². The third-order valence-electron chi connectivity index (χ3n) is 2.18. The van der Waals surface area contributed by atoms with E-state index in [4.69, 9.17) is 27.9 Å². The summed E-state index contributed by atoms with van der Waals surface area (Å²) in [5, 5.41) is 0. The van der Waals surface area contributed by atoms with E-state index < -0.39 is 17.3 Å². The normalized spacial score (nSPS) is 12.4. The lowest BCUT2D eigenvalue weighted by Crippen LogP contribution is -2.20. The minimum absolute atomic E-state index is 0.0472. The number of ether oxygens (including phenoxy) is 2. The zero-order valence-electron chi connectivity index (χ0n) is 9.65. The van der Waals surface area contributed by atoms with Gasteiger partial charge in [0.25, 0.3) is 0 Å². The summed E-state index contributed by atoms with van der Waals surface area (Å²) >= 11 is 12.0. The van der Waals surface area contributed by atoms with E-state index in [-0.39, 0.29) is 12.4 Å². The molecule has 0 aliphatic rings. The maximum atomic E-state index is 13.8. The van der Waals surface area contributed by atoms with Crippen LogP contribution in [-0.2, 0) is 4.74 Å². The number of nitrogens with zero attached hydrogens (tertiary/aromatic N) is 1. The summed E-state index contributed by atoms with van der Waals surface area (Å²) in [6, 6.07) is 2.75. The quantitative estimate of drug-likeness (QED) is 0.790. The summed E-state index contributed by atoms with van der Waals surface area (Å²) in [7, 11) is 0. The molecule has 4 nitrogen and oxygen atoms in total. The molecule has 0 saturated carbocycles. The van der Waals surface area contributed by atoms with E-state index in [0.717, 1.165) is 0 Å². The van der Waals surface area contributed by atoms with Crippen molar-refractivity contribution in [1.82, 2.24) is 4.98 Å². The molecule has 0 aliphatic carbocycles. The molecule has 0 radical (unpaired) electrons. The number of hydrogen-bond acceptors (Lipinski definition) is 5. The molecule has 0 saturated heterocycles. The summed E-state index contributed by atoms with van der Waals surface area (Å²) in [4.78, 5) is 14.4. The van der Waals surface area contributed by atoms with E-state index in [1.807, 2.05) is 0 Å². The average molecular weight is 324 g/mol. The molecule has 19 heavy (non-hydrogen) atoms. The average Bonchev–Trinajstić information content (AvgIpc) is 2.66. The van der Waals surface area contributed by atoms with Crippen LogP contribution in [0, 0.1) is 5.82 Å². The van der Waals surface area contributed by atoms with Gasteiger partial charge in [-0.2, -0.15) is 0 Å². The summed E-state index contributed by atoms with van der Waals surface area (Å²) < 4.78 is 24.7. The van der Waals surface area contributed by atoms with Crippen LogP contribution in [0.1, 0.15) is 6.92 Å². The van der Waals surface area contributed by atoms with Crippen LogP contribution in [0.3, 0.4) is 0 Å². The topological polar surface area (TPSA) is 48.4 Å². The lowest BCUT2D eigenvalue weighted by molar-refractivity contribution is 0.103. The van der Waals surface area contributed by atoms with Crippen molar-refractivity contribution in [3.8, 4) is 5.75 Å². The van der Waals surface area contributed by atoms with Gasteiger partial charge in [-0.25, -0.2) is 14.2 Å². The number of hydrogen-bond donors (Lipinski definition) is 0. The van der Waals surface area contributed by atoms with Crippen LogP contribution in [0.4, 0.5) is 9.18 Å². The number of thiazole rings is 1. The molecule has 0 fully saturated rings. The summed E-state index contributed by atoms with van der Waals surface area (Å²) in [6.07, 6.45) is -0.530. The lowest BCUT2D eigenvalue weighted by Gasteiger charge is -2.14. The van der Waals surface area contributed by atoms with Gasteiger partial charge in [0, 0.05) is 23.7 Å². The zero-order valence-corrected chi connectivity index (χ0v) is 12.0. The minimum Gasteiger partial charge on any atom is -0.484 e. The number of rotatable bonds is 4. The van der Waals surface area contributed by atoms with Crippen molar-refractivity contribution in [1.29, 1.82) is 0 Å². The third kappa shape index (κ3) is 3.68. The van der Waals surface area contributed by atoms with Crippen LogP contribution in [0.2, 0.25) is 4.47 Å². The number of aromatic nitrogens is 1. The van der Waals surface area contributed by atoms with Crippen LogP contribution in [0.25, 0.3) is 10.2 Å².